The third-order valence-electron chi connectivity index (χ3n) is 2.99. The number of rotatable bonds is 13. The second kappa shape index (κ2) is 11.8. The maximum atomic E-state index is 11.7. The lowest BCUT2D eigenvalue weighted by Crippen LogP contribution is -2.33. The number of carbonyl (C=O) groups excluding carboxylic acids is 1. The zero-order valence-electron chi connectivity index (χ0n) is 13.5. The number of nitrogens with one attached hydrogen (secondary N) is 1. The first-order chi connectivity index (χ1) is 11.2. The average Bonchev–Trinajstić information content (AvgIpc) is 2.77. The van der Waals surface area contributed by atoms with Crippen LogP contribution >= 0.6 is 0 Å². The summed E-state index contributed by atoms with van der Waals surface area (Å²) in [4.78, 5) is 13.1. The molecule has 0 bridgehead atoms. The van der Waals surface area contributed by atoms with E-state index < -0.39 is 0 Å². The molecule has 1 rings (SSSR count). The molecule has 0 saturated heterocycles. The second-order valence-electron chi connectivity index (χ2n) is 4.76. The minimum absolute atomic E-state index is 0.127. The van der Waals surface area contributed by atoms with Gasteiger partial charge in [0.05, 0.1) is 52.8 Å². The van der Waals surface area contributed by atoms with Gasteiger partial charge in [0.2, 0.25) is 0 Å². The van der Waals surface area contributed by atoms with Gasteiger partial charge in [-0.2, -0.15) is 0 Å². The molecule has 1 aliphatic heterocycles. The summed E-state index contributed by atoms with van der Waals surface area (Å²) in [6.07, 6.45) is 6.59. The number of carbonyl (C=O) groups is 1. The first kappa shape index (κ1) is 19.3. The maximum Gasteiger partial charge on any atom is 0.255 e. The Hall–Kier alpha value is -1.72. The Bertz CT molecular complexity index is 456. The third-order valence-corrected chi connectivity index (χ3v) is 2.99. The van der Waals surface area contributed by atoms with E-state index in [0.717, 1.165) is 0 Å². The van der Waals surface area contributed by atoms with E-state index in [9.17, 15) is 4.79 Å². The zero-order chi connectivity index (χ0) is 16.9. The third kappa shape index (κ3) is 7.90. The molecule has 7 heteroatoms. The molecular formula is C16H24N2O5. The quantitative estimate of drug-likeness (QED) is 0.393. The Morgan fingerprint density at radius 1 is 1.04 bits per heavy atom. The van der Waals surface area contributed by atoms with Gasteiger partial charge in [0.15, 0.2) is 0 Å². The summed E-state index contributed by atoms with van der Waals surface area (Å²) in [5.41, 5.74) is 0.586. The summed E-state index contributed by atoms with van der Waals surface area (Å²) in [5.74, 6) is 2.47. The zero-order valence-corrected chi connectivity index (χ0v) is 13.5. The molecule has 0 aliphatic carbocycles. The number of amides is 1. The first-order valence-corrected chi connectivity index (χ1v) is 7.50. The Labute approximate surface area is 137 Å². The molecular weight excluding hydrogens is 300 g/mol. The van der Waals surface area contributed by atoms with Gasteiger partial charge in [0.1, 0.15) is 12.4 Å². The molecule has 1 heterocycles. The fourth-order valence-corrected chi connectivity index (χ4v) is 1.84. The van der Waals surface area contributed by atoms with Crippen LogP contribution in [0.2, 0.25) is 0 Å². The molecule has 1 N–H and O–H groups in total. The summed E-state index contributed by atoms with van der Waals surface area (Å²) in [5, 5.41) is 7.65. The Kier molecular flexibility index (Phi) is 9.91. The van der Waals surface area contributed by atoms with Crippen molar-refractivity contribution < 1.29 is 23.7 Å². The van der Waals surface area contributed by atoms with Crippen LogP contribution in [-0.2, 0) is 23.7 Å². The molecule has 0 radical (unpaired) electrons. The number of ether oxygens (including phenoxy) is 4. The topological polar surface area (TPSA) is 81.1 Å². The van der Waals surface area contributed by atoms with Crippen molar-refractivity contribution in [1.29, 1.82) is 5.41 Å². The molecule has 0 spiro atoms. The predicted octanol–water partition coefficient (Wildman–Crippen LogP) is 0.452. The maximum absolute atomic E-state index is 11.7. The molecule has 0 unspecified atom stereocenters. The Morgan fingerprint density at radius 2 is 1.57 bits per heavy atom. The first-order valence-electron chi connectivity index (χ1n) is 7.50. The monoisotopic (exact) mass is 324 g/mol. The van der Waals surface area contributed by atoms with Gasteiger partial charge in [-0.15, -0.1) is 6.42 Å². The molecule has 0 fully saturated rings. The van der Waals surface area contributed by atoms with E-state index in [0.29, 0.717) is 65.0 Å². The minimum atomic E-state index is -0.127. The Morgan fingerprint density at radius 3 is 2.04 bits per heavy atom. The minimum Gasteiger partial charge on any atom is -0.377 e. The highest BCUT2D eigenvalue weighted by Gasteiger charge is 2.24. The van der Waals surface area contributed by atoms with Crippen molar-refractivity contribution >= 4 is 11.7 Å². The van der Waals surface area contributed by atoms with Crippen LogP contribution in [0, 0.1) is 17.8 Å². The molecule has 128 valence electrons. The summed E-state index contributed by atoms with van der Waals surface area (Å²) in [6.45, 7) is 5.60. The van der Waals surface area contributed by atoms with Crippen LogP contribution in [0.1, 0.15) is 6.92 Å². The molecule has 1 aliphatic rings. The van der Waals surface area contributed by atoms with Crippen LogP contribution < -0.4 is 0 Å². The van der Waals surface area contributed by atoms with E-state index in [2.05, 4.69) is 5.92 Å². The molecule has 0 saturated carbocycles. The number of terminal acetylenes is 1. The molecule has 23 heavy (non-hydrogen) atoms. The fraction of sp³-hybridized carbons (Fsp3) is 0.625. The standard InChI is InChI=1S/C16H24N2O5/c1-3-5-20-7-9-22-11-12-23-10-8-21-6-4-18-15(17)13-14(2)16(18)19/h1,13,17H,4-12H2,2H3. The predicted molar refractivity (Wildman–Crippen MR) is 85.3 cm³/mol. The van der Waals surface area contributed by atoms with Gasteiger partial charge in [0.25, 0.3) is 5.91 Å². The lowest BCUT2D eigenvalue weighted by atomic mass is 10.3. The van der Waals surface area contributed by atoms with Crippen LogP contribution in [0.15, 0.2) is 11.6 Å². The fourth-order valence-electron chi connectivity index (χ4n) is 1.84. The van der Waals surface area contributed by atoms with Crippen LogP contribution in [0.5, 0.6) is 0 Å². The summed E-state index contributed by atoms with van der Waals surface area (Å²) in [6, 6.07) is 0. The number of hydrogen-bond acceptors (Lipinski definition) is 6. The van der Waals surface area contributed by atoms with Crippen LogP contribution in [0.3, 0.4) is 0 Å². The highest BCUT2D eigenvalue weighted by atomic mass is 16.6. The number of hydrogen-bond donors (Lipinski definition) is 1. The van der Waals surface area contributed by atoms with E-state index in [1.165, 1.54) is 4.90 Å². The molecule has 0 aromatic rings. The van der Waals surface area contributed by atoms with Crippen LogP contribution in [0.4, 0.5) is 0 Å². The smallest absolute Gasteiger partial charge is 0.255 e. The average molecular weight is 324 g/mol. The van der Waals surface area contributed by atoms with Crippen molar-refractivity contribution in [3.63, 3.8) is 0 Å². The van der Waals surface area contributed by atoms with Crippen LogP contribution in [-0.4, -0.2) is 76.0 Å². The number of amidine groups is 1. The summed E-state index contributed by atoms with van der Waals surface area (Å²) >= 11 is 0. The highest BCUT2D eigenvalue weighted by Crippen LogP contribution is 2.11. The van der Waals surface area contributed by atoms with Gasteiger partial charge in [-0.1, -0.05) is 5.92 Å². The summed E-state index contributed by atoms with van der Waals surface area (Å²) < 4.78 is 21.0. The normalized spacial score (nSPS) is 14.3. The van der Waals surface area contributed by atoms with E-state index >= 15 is 0 Å². The van der Waals surface area contributed by atoms with Gasteiger partial charge >= 0.3 is 0 Å². The second-order valence-corrected chi connectivity index (χ2v) is 4.76. The van der Waals surface area contributed by atoms with Gasteiger partial charge in [-0.3, -0.25) is 15.1 Å². The lowest BCUT2D eigenvalue weighted by molar-refractivity contribution is -0.123. The molecule has 0 atom stereocenters. The van der Waals surface area contributed by atoms with E-state index in [1.807, 2.05) is 0 Å². The molecule has 0 aromatic carbocycles. The van der Waals surface area contributed by atoms with E-state index in [-0.39, 0.29) is 11.7 Å². The molecule has 1 amide bonds. The van der Waals surface area contributed by atoms with Crippen molar-refractivity contribution in [2.75, 3.05) is 59.4 Å². The SMILES string of the molecule is C#CCOCCOCCOCCOCCN1C(=N)C=C(C)C1=O. The van der Waals surface area contributed by atoms with Crippen molar-refractivity contribution in [1.82, 2.24) is 4.90 Å². The summed E-state index contributed by atoms with van der Waals surface area (Å²) in [7, 11) is 0. The molecule has 0 aromatic heterocycles. The van der Waals surface area contributed by atoms with Crippen molar-refractivity contribution in [2.24, 2.45) is 0 Å². The van der Waals surface area contributed by atoms with Gasteiger partial charge in [-0.25, -0.2) is 0 Å². The number of nitrogens with zero attached hydrogens (tertiary/aromatic N) is 1. The van der Waals surface area contributed by atoms with Crippen LogP contribution in [0.25, 0.3) is 0 Å². The lowest BCUT2D eigenvalue weighted by Gasteiger charge is -2.16. The van der Waals surface area contributed by atoms with Gasteiger partial charge in [-0.05, 0) is 13.0 Å². The van der Waals surface area contributed by atoms with Crippen molar-refractivity contribution in [3.05, 3.63) is 11.6 Å². The van der Waals surface area contributed by atoms with Crippen molar-refractivity contribution in [3.8, 4) is 12.3 Å². The van der Waals surface area contributed by atoms with Gasteiger partial charge in [0, 0.05) is 5.57 Å². The van der Waals surface area contributed by atoms with E-state index in [4.69, 9.17) is 30.8 Å². The van der Waals surface area contributed by atoms with E-state index in [1.54, 1.807) is 13.0 Å². The highest BCUT2D eigenvalue weighted by molar-refractivity contribution is 6.16. The van der Waals surface area contributed by atoms with Crippen molar-refractivity contribution in [2.45, 2.75) is 6.92 Å². The largest absolute Gasteiger partial charge is 0.377 e. The molecule has 7 nitrogen and oxygen atoms in total. The Balaban J connectivity index is 1.85. The van der Waals surface area contributed by atoms with Gasteiger partial charge < -0.3 is 18.9 Å².